The highest BCUT2D eigenvalue weighted by Crippen LogP contribution is 2.32. The highest BCUT2D eigenvalue weighted by molar-refractivity contribution is 7.98. The summed E-state index contributed by atoms with van der Waals surface area (Å²) in [4.78, 5) is 12.8. The van der Waals surface area contributed by atoms with Crippen molar-refractivity contribution in [2.75, 3.05) is 37.4 Å². The van der Waals surface area contributed by atoms with Crippen LogP contribution < -0.4 is 19.1 Å². The molecule has 0 heterocycles. The van der Waals surface area contributed by atoms with Crippen molar-refractivity contribution in [3.8, 4) is 11.5 Å². The number of carbonyl (C=O) groups is 1. The van der Waals surface area contributed by atoms with E-state index in [0.29, 0.717) is 23.7 Å². The van der Waals surface area contributed by atoms with Crippen LogP contribution in [-0.2, 0) is 20.6 Å². The number of methoxy groups -OCH3 is 2. The Bertz CT molecular complexity index is 1290. The lowest BCUT2D eigenvalue weighted by Crippen LogP contribution is -2.41. The van der Waals surface area contributed by atoms with E-state index in [0.717, 1.165) is 27.8 Å². The maximum atomic E-state index is 13.6. The van der Waals surface area contributed by atoms with Gasteiger partial charge < -0.3 is 14.8 Å². The second kappa shape index (κ2) is 13.4. The van der Waals surface area contributed by atoms with Crippen molar-refractivity contribution in [2.45, 2.75) is 30.9 Å². The Balaban J connectivity index is 1.66. The van der Waals surface area contributed by atoms with E-state index < -0.39 is 10.0 Å². The molecule has 0 spiro atoms. The van der Waals surface area contributed by atoms with E-state index in [9.17, 15) is 13.2 Å². The number of aryl methyl sites for hydroxylation is 2. The van der Waals surface area contributed by atoms with Gasteiger partial charge in [-0.15, -0.1) is 0 Å². The molecule has 1 N–H and O–H groups in total. The number of nitrogens with one attached hydrogen (secondary N) is 1. The predicted octanol–water partition coefficient (Wildman–Crippen LogP) is 4.96. The molecular formula is C28H34N2O5S2. The summed E-state index contributed by atoms with van der Waals surface area (Å²) in [6.07, 6.45) is 0.787. The van der Waals surface area contributed by atoms with Crippen molar-refractivity contribution in [3.63, 3.8) is 0 Å². The first-order valence-electron chi connectivity index (χ1n) is 12.0. The van der Waals surface area contributed by atoms with Crippen LogP contribution in [0.15, 0.2) is 71.6 Å². The van der Waals surface area contributed by atoms with E-state index in [-0.39, 0.29) is 17.3 Å². The molecule has 0 atom stereocenters. The van der Waals surface area contributed by atoms with Gasteiger partial charge in [-0.2, -0.15) is 11.8 Å². The lowest BCUT2D eigenvalue weighted by molar-refractivity contribution is -0.119. The van der Waals surface area contributed by atoms with E-state index in [1.807, 2.05) is 43.0 Å². The lowest BCUT2D eigenvalue weighted by atomic mass is 10.1. The van der Waals surface area contributed by atoms with Crippen LogP contribution in [0.5, 0.6) is 11.5 Å². The van der Waals surface area contributed by atoms with Gasteiger partial charge in [-0.25, -0.2) is 8.42 Å². The normalized spacial score (nSPS) is 11.1. The maximum Gasteiger partial charge on any atom is 0.264 e. The Kier molecular flexibility index (Phi) is 10.3. The third kappa shape index (κ3) is 7.66. The van der Waals surface area contributed by atoms with Crippen molar-refractivity contribution in [3.05, 3.63) is 83.4 Å². The summed E-state index contributed by atoms with van der Waals surface area (Å²) >= 11 is 1.81. The molecule has 0 aliphatic carbocycles. The number of amides is 1. The molecule has 0 bridgehead atoms. The maximum absolute atomic E-state index is 13.6. The van der Waals surface area contributed by atoms with Crippen LogP contribution in [0.25, 0.3) is 0 Å². The molecular weight excluding hydrogens is 508 g/mol. The van der Waals surface area contributed by atoms with Crippen LogP contribution >= 0.6 is 11.8 Å². The van der Waals surface area contributed by atoms with Gasteiger partial charge in [-0.1, -0.05) is 42.0 Å². The average molecular weight is 543 g/mol. The second-order valence-electron chi connectivity index (χ2n) is 8.55. The Morgan fingerprint density at radius 3 is 2.32 bits per heavy atom. The summed E-state index contributed by atoms with van der Waals surface area (Å²) < 4.78 is 38.9. The average Bonchev–Trinajstić information content (AvgIpc) is 2.90. The zero-order valence-corrected chi connectivity index (χ0v) is 23.3. The summed E-state index contributed by atoms with van der Waals surface area (Å²) in [5.41, 5.74) is 3.98. The number of anilines is 1. The minimum Gasteiger partial charge on any atom is -0.493 e. The molecule has 37 heavy (non-hydrogen) atoms. The Hall–Kier alpha value is -3.17. The summed E-state index contributed by atoms with van der Waals surface area (Å²) in [7, 11) is -1.14. The number of nitrogens with zero attached hydrogens (tertiary/aromatic N) is 1. The zero-order valence-electron chi connectivity index (χ0n) is 21.7. The topological polar surface area (TPSA) is 84.9 Å². The summed E-state index contributed by atoms with van der Waals surface area (Å²) in [6.45, 7) is 4.15. The largest absolute Gasteiger partial charge is 0.493 e. The molecule has 0 radical (unpaired) electrons. The molecule has 3 aromatic rings. The molecule has 7 nitrogen and oxygen atoms in total. The van der Waals surface area contributed by atoms with Crippen molar-refractivity contribution >= 4 is 33.4 Å². The van der Waals surface area contributed by atoms with Crippen LogP contribution in [0.2, 0.25) is 0 Å². The summed E-state index contributed by atoms with van der Waals surface area (Å²) in [5, 5.41) is 2.87. The van der Waals surface area contributed by atoms with Crippen LogP contribution in [0.1, 0.15) is 23.1 Å². The van der Waals surface area contributed by atoms with Gasteiger partial charge in [0.05, 0.1) is 24.8 Å². The molecule has 0 unspecified atom stereocenters. The van der Waals surface area contributed by atoms with E-state index in [4.69, 9.17) is 9.47 Å². The molecule has 198 valence electrons. The Morgan fingerprint density at radius 2 is 1.65 bits per heavy atom. The first-order valence-corrected chi connectivity index (χ1v) is 14.6. The number of benzene rings is 3. The van der Waals surface area contributed by atoms with E-state index >= 15 is 0 Å². The van der Waals surface area contributed by atoms with Gasteiger partial charge in [0.1, 0.15) is 6.54 Å². The number of ether oxygens (including phenoxy) is 2. The molecule has 1 amide bonds. The highest BCUT2D eigenvalue weighted by Gasteiger charge is 2.28. The van der Waals surface area contributed by atoms with Gasteiger partial charge in [0.15, 0.2) is 11.5 Å². The highest BCUT2D eigenvalue weighted by atomic mass is 32.2. The summed E-state index contributed by atoms with van der Waals surface area (Å²) in [6, 6.07) is 19.7. The van der Waals surface area contributed by atoms with E-state index in [1.54, 1.807) is 12.1 Å². The first kappa shape index (κ1) is 28.4. The van der Waals surface area contributed by atoms with Gasteiger partial charge in [0.25, 0.3) is 10.0 Å². The number of hydrogen-bond donors (Lipinski definition) is 1. The van der Waals surface area contributed by atoms with Crippen LogP contribution in [0.3, 0.4) is 0 Å². The molecule has 0 aromatic heterocycles. The third-order valence-corrected chi connectivity index (χ3v) is 8.72. The quantitative estimate of drug-likeness (QED) is 0.308. The van der Waals surface area contributed by atoms with Gasteiger partial charge >= 0.3 is 0 Å². The fourth-order valence-corrected chi connectivity index (χ4v) is 6.15. The van der Waals surface area contributed by atoms with Crippen molar-refractivity contribution in [1.29, 1.82) is 0 Å². The Morgan fingerprint density at radius 1 is 0.946 bits per heavy atom. The number of rotatable bonds is 13. The fraction of sp³-hybridized carbons (Fsp3) is 0.321. The second-order valence-corrected chi connectivity index (χ2v) is 11.5. The standard InChI is InChI=1S/C28H34N2O5S2/c1-21-10-12-24(13-11-21)30(37(32,33)25-14-15-26(34-3)27(18-25)35-4)19-28(31)29-16-7-17-36-20-23-9-6-5-8-22(23)2/h5-6,8-15,18H,7,16-17,19-20H2,1-4H3,(H,29,31). The Labute approximate surface area is 224 Å². The van der Waals surface area contributed by atoms with Crippen LogP contribution in [0.4, 0.5) is 5.69 Å². The predicted molar refractivity (Wildman–Crippen MR) is 150 cm³/mol. The molecule has 3 aromatic carbocycles. The lowest BCUT2D eigenvalue weighted by Gasteiger charge is -2.24. The third-order valence-electron chi connectivity index (χ3n) is 5.86. The molecule has 0 saturated heterocycles. The van der Waals surface area contributed by atoms with Gasteiger partial charge in [-0.05, 0) is 61.4 Å². The van der Waals surface area contributed by atoms with Crippen molar-refractivity contribution in [1.82, 2.24) is 5.32 Å². The number of hydrogen-bond acceptors (Lipinski definition) is 6. The zero-order chi connectivity index (χ0) is 26.8. The van der Waals surface area contributed by atoms with E-state index in [1.165, 1.54) is 43.5 Å². The van der Waals surface area contributed by atoms with E-state index in [2.05, 4.69) is 24.4 Å². The van der Waals surface area contributed by atoms with Crippen LogP contribution in [0, 0.1) is 13.8 Å². The van der Waals surface area contributed by atoms with Crippen LogP contribution in [-0.4, -0.2) is 47.4 Å². The van der Waals surface area contributed by atoms with Gasteiger partial charge in [0.2, 0.25) is 5.91 Å². The van der Waals surface area contributed by atoms with Crippen molar-refractivity contribution < 1.29 is 22.7 Å². The minimum atomic E-state index is -4.06. The number of carbonyl (C=O) groups excluding carboxylic acids is 1. The first-order chi connectivity index (χ1) is 17.8. The smallest absolute Gasteiger partial charge is 0.264 e. The van der Waals surface area contributed by atoms with Crippen molar-refractivity contribution in [2.24, 2.45) is 0 Å². The molecule has 3 rings (SSSR count). The summed E-state index contributed by atoms with van der Waals surface area (Å²) in [5.74, 6) is 2.15. The molecule has 0 fully saturated rings. The van der Waals surface area contributed by atoms with Gasteiger partial charge in [-0.3, -0.25) is 9.10 Å². The number of thioether (sulfide) groups is 1. The molecule has 9 heteroatoms. The van der Waals surface area contributed by atoms with Gasteiger partial charge in [0, 0.05) is 18.4 Å². The monoisotopic (exact) mass is 542 g/mol. The molecule has 0 aliphatic rings. The minimum absolute atomic E-state index is 0.00568. The SMILES string of the molecule is COc1ccc(S(=O)(=O)N(CC(=O)NCCCSCc2ccccc2C)c2ccc(C)cc2)cc1OC. The number of sulfonamides is 1. The molecule has 0 aliphatic heterocycles. The fourth-order valence-electron chi connectivity index (χ4n) is 3.67. The molecule has 0 saturated carbocycles.